The number of amides is 2. The van der Waals surface area contributed by atoms with Gasteiger partial charge < -0.3 is 9.64 Å². The van der Waals surface area contributed by atoms with Crippen molar-refractivity contribution in [3.8, 4) is 5.75 Å². The van der Waals surface area contributed by atoms with Crippen LogP contribution < -0.4 is 9.64 Å². The van der Waals surface area contributed by atoms with Crippen LogP contribution in [0.4, 0.5) is 5.69 Å². The fourth-order valence-corrected chi connectivity index (χ4v) is 3.75. The first kappa shape index (κ1) is 19.9. The highest BCUT2D eigenvalue weighted by atomic mass is 16.7. The highest BCUT2D eigenvalue weighted by Crippen LogP contribution is 2.43. The van der Waals surface area contributed by atoms with Crippen molar-refractivity contribution in [2.75, 3.05) is 26.2 Å². The molecule has 6 heteroatoms. The average Bonchev–Trinajstić information content (AvgIpc) is 2.73. The number of piperidine rings is 1. The Kier molecular flexibility index (Phi) is 5.99. The van der Waals surface area contributed by atoms with Gasteiger partial charge in [-0.1, -0.05) is 35.9 Å². The summed E-state index contributed by atoms with van der Waals surface area (Å²) in [6, 6.07) is 14.8. The molecule has 2 aromatic rings. The smallest absolute Gasteiger partial charge is 0.251 e. The second kappa shape index (κ2) is 8.44. The van der Waals surface area contributed by atoms with Crippen LogP contribution in [0.5, 0.6) is 5.75 Å². The second-order valence-corrected chi connectivity index (χ2v) is 6.95. The predicted octanol–water partition coefficient (Wildman–Crippen LogP) is 3.51. The number of carbonyl (C=O) groups excluding carboxylic acids is 2. The van der Waals surface area contributed by atoms with E-state index in [2.05, 4.69) is 0 Å². The van der Waals surface area contributed by atoms with Crippen LogP contribution in [0.3, 0.4) is 0 Å². The molecule has 2 atom stereocenters. The van der Waals surface area contributed by atoms with Gasteiger partial charge in [-0.05, 0) is 31.5 Å². The first-order valence-electron chi connectivity index (χ1n) is 9.31. The Bertz CT molecular complexity index is 850. The van der Waals surface area contributed by atoms with Crippen molar-refractivity contribution in [1.29, 1.82) is 0 Å². The van der Waals surface area contributed by atoms with E-state index >= 15 is 0 Å². The van der Waals surface area contributed by atoms with E-state index in [0.717, 1.165) is 16.8 Å². The fourth-order valence-electron chi connectivity index (χ4n) is 3.75. The van der Waals surface area contributed by atoms with Crippen LogP contribution in [0.25, 0.3) is 0 Å². The van der Waals surface area contributed by atoms with E-state index in [4.69, 9.17) is 9.57 Å². The summed E-state index contributed by atoms with van der Waals surface area (Å²) >= 11 is 0. The molecule has 148 valence electrons. The van der Waals surface area contributed by atoms with Gasteiger partial charge in [0.05, 0.1) is 26.2 Å². The third-order valence-electron chi connectivity index (χ3n) is 5.27. The molecule has 0 saturated carbocycles. The standard InChI is InChI=1S/C22H26N2O4/c1-15-9-11-16(12-10-15)24-20(25)14-13-18(22(26)23(2)28-4)21(24)17-7-5-6-8-19(17)27-3/h5-12,18,21H,13-14H2,1-4H3/t18-,21+/m0/s1. The van der Waals surface area contributed by atoms with Gasteiger partial charge in [0.2, 0.25) is 5.91 Å². The molecule has 1 aliphatic heterocycles. The van der Waals surface area contributed by atoms with Gasteiger partial charge in [-0.2, -0.15) is 0 Å². The van der Waals surface area contributed by atoms with Gasteiger partial charge >= 0.3 is 0 Å². The highest BCUT2D eigenvalue weighted by Gasteiger charge is 2.43. The van der Waals surface area contributed by atoms with E-state index in [9.17, 15) is 9.59 Å². The number of aryl methyl sites for hydroxylation is 1. The lowest BCUT2D eigenvalue weighted by Gasteiger charge is -2.42. The van der Waals surface area contributed by atoms with Gasteiger partial charge in [0, 0.05) is 24.7 Å². The summed E-state index contributed by atoms with van der Waals surface area (Å²) < 4.78 is 5.56. The molecule has 6 nitrogen and oxygen atoms in total. The van der Waals surface area contributed by atoms with E-state index in [1.54, 1.807) is 19.1 Å². The first-order valence-corrected chi connectivity index (χ1v) is 9.31. The molecule has 0 bridgehead atoms. The molecule has 0 spiro atoms. The Morgan fingerprint density at radius 3 is 2.43 bits per heavy atom. The number of hydrogen-bond acceptors (Lipinski definition) is 4. The minimum Gasteiger partial charge on any atom is -0.496 e. The summed E-state index contributed by atoms with van der Waals surface area (Å²) in [6.45, 7) is 2.00. The summed E-state index contributed by atoms with van der Waals surface area (Å²) in [5, 5.41) is 1.23. The molecule has 1 heterocycles. The van der Waals surface area contributed by atoms with Gasteiger partial charge in [-0.15, -0.1) is 0 Å². The molecule has 2 amide bonds. The number of hydrogen-bond donors (Lipinski definition) is 0. The van der Waals surface area contributed by atoms with Crippen molar-refractivity contribution in [3.05, 3.63) is 59.7 Å². The Morgan fingerprint density at radius 2 is 1.79 bits per heavy atom. The lowest BCUT2D eigenvalue weighted by molar-refractivity contribution is -0.175. The molecule has 1 fully saturated rings. The van der Waals surface area contributed by atoms with Crippen molar-refractivity contribution in [2.45, 2.75) is 25.8 Å². The maximum atomic E-state index is 13.1. The minimum absolute atomic E-state index is 0.0103. The van der Waals surface area contributed by atoms with Gasteiger partial charge in [0.25, 0.3) is 5.91 Å². The molecule has 2 aromatic carbocycles. The molecule has 1 saturated heterocycles. The summed E-state index contributed by atoms with van der Waals surface area (Å²) in [6.07, 6.45) is 0.754. The highest BCUT2D eigenvalue weighted by molar-refractivity contribution is 5.97. The van der Waals surface area contributed by atoms with Gasteiger partial charge in [0.15, 0.2) is 0 Å². The number of anilines is 1. The van der Waals surface area contributed by atoms with E-state index in [1.807, 2.05) is 55.5 Å². The lowest BCUT2D eigenvalue weighted by atomic mass is 9.82. The molecule has 3 rings (SSSR count). The van der Waals surface area contributed by atoms with E-state index in [-0.39, 0.29) is 11.8 Å². The molecule has 0 N–H and O–H groups in total. The molecule has 1 aliphatic rings. The number of benzene rings is 2. The third kappa shape index (κ3) is 3.73. The lowest BCUT2D eigenvalue weighted by Crippen LogP contribution is -2.48. The number of para-hydroxylation sites is 1. The van der Waals surface area contributed by atoms with Gasteiger partial charge in [-0.3, -0.25) is 14.4 Å². The van der Waals surface area contributed by atoms with Gasteiger partial charge in [0.1, 0.15) is 5.75 Å². The largest absolute Gasteiger partial charge is 0.496 e. The Hall–Kier alpha value is -2.86. The number of methoxy groups -OCH3 is 1. The second-order valence-electron chi connectivity index (χ2n) is 6.95. The Labute approximate surface area is 165 Å². The normalized spacial score (nSPS) is 19.4. The topological polar surface area (TPSA) is 59.1 Å². The molecule has 0 aliphatic carbocycles. The average molecular weight is 382 g/mol. The zero-order valence-corrected chi connectivity index (χ0v) is 16.7. The molecular weight excluding hydrogens is 356 g/mol. The molecular formula is C22H26N2O4. The van der Waals surface area contributed by atoms with Crippen molar-refractivity contribution < 1.29 is 19.2 Å². The summed E-state index contributed by atoms with van der Waals surface area (Å²) in [7, 11) is 4.65. The maximum Gasteiger partial charge on any atom is 0.251 e. The number of carbonyl (C=O) groups is 2. The van der Waals surface area contributed by atoms with Crippen molar-refractivity contribution >= 4 is 17.5 Å². The fraction of sp³-hybridized carbons (Fsp3) is 0.364. The monoisotopic (exact) mass is 382 g/mol. The number of nitrogens with zero attached hydrogens (tertiary/aromatic N) is 2. The zero-order valence-electron chi connectivity index (χ0n) is 16.7. The van der Waals surface area contributed by atoms with E-state index in [0.29, 0.717) is 18.6 Å². The van der Waals surface area contributed by atoms with Crippen LogP contribution >= 0.6 is 0 Å². The first-order chi connectivity index (χ1) is 13.5. The SMILES string of the molecule is COc1ccccc1[C@@H]1[C@@H](C(=O)N(C)OC)CCC(=O)N1c1ccc(C)cc1. The van der Waals surface area contributed by atoms with E-state index < -0.39 is 12.0 Å². The van der Waals surface area contributed by atoms with Crippen molar-refractivity contribution in [3.63, 3.8) is 0 Å². The molecule has 0 radical (unpaired) electrons. The maximum absolute atomic E-state index is 13.1. The summed E-state index contributed by atoms with van der Waals surface area (Å²) in [5.41, 5.74) is 2.68. The number of rotatable bonds is 5. The Balaban J connectivity index is 2.15. The number of hydroxylamine groups is 2. The Morgan fingerprint density at radius 1 is 1.11 bits per heavy atom. The molecule has 28 heavy (non-hydrogen) atoms. The van der Waals surface area contributed by atoms with Gasteiger partial charge in [-0.25, -0.2) is 5.06 Å². The van der Waals surface area contributed by atoms with Crippen LogP contribution in [0.2, 0.25) is 0 Å². The molecule has 0 unspecified atom stereocenters. The molecule has 0 aromatic heterocycles. The van der Waals surface area contributed by atoms with Crippen LogP contribution in [0, 0.1) is 12.8 Å². The van der Waals surface area contributed by atoms with Crippen LogP contribution in [0.15, 0.2) is 48.5 Å². The van der Waals surface area contributed by atoms with Crippen LogP contribution in [0.1, 0.15) is 30.0 Å². The minimum atomic E-state index is -0.481. The predicted molar refractivity (Wildman–Crippen MR) is 107 cm³/mol. The van der Waals surface area contributed by atoms with Crippen molar-refractivity contribution in [2.24, 2.45) is 5.92 Å². The number of ether oxygens (including phenoxy) is 1. The van der Waals surface area contributed by atoms with E-state index in [1.165, 1.54) is 12.2 Å². The van der Waals surface area contributed by atoms with Crippen molar-refractivity contribution in [1.82, 2.24) is 5.06 Å². The third-order valence-corrected chi connectivity index (χ3v) is 5.27. The van der Waals surface area contributed by atoms with Crippen LogP contribution in [-0.4, -0.2) is 38.1 Å². The van der Waals surface area contributed by atoms with Crippen LogP contribution in [-0.2, 0) is 14.4 Å². The quantitative estimate of drug-likeness (QED) is 0.743. The zero-order chi connectivity index (χ0) is 20.3. The summed E-state index contributed by atoms with van der Waals surface area (Å²) in [5.74, 6) is 0.0318. The summed E-state index contributed by atoms with van der Waals surface area (Å²) in [4.78, 5) is 32.9.